The lowest BCUT2D eigenvalue weighted by molar-refractivity contribution is -0.137. The summed E-state index contributed by atoms with van der Waals surface area (Å²) >= 11 is 5.50. The van der Waals surface area contributed by atoms with E-state index in [1.807, 2.05) is 0 Å². The fourth-order valence-corrected chi connectivity index (χ4v) is 5.69. The summed E-state index contributed by atoms with van der Waals surface area (Å²) in [6.07, 6.45) is -4.76. The van der Waals surface area contributed by atoms with E-state index in [1.54, 1.807) is 25.7 Å². The minimum atomic E-state index is -4.76. The van der Waals surface area contributed by atoms with Crippen LogP contribution in [0, 0.1) is 11.3 Å². The summed E-state index contributed by atoms with van der Waals surface area (Å²) in [4.78, 5) is 18.0. The number of hydrogen-bond acceptors (Lipinski definition) is 6. The Kier molecular flexibility index (Phi) is 7.29. The Bertz CT molecular complexity index is 1120. The number of carbonyl (C=O) groups excluding carboxylic acids is 1. The molecule has 0 saturated carbocycles. The van der Waals surface area contributed by atoms with Gasteiger partial charge in [-0.25, -0.2) is 8.42 Å². The number of alkyl halides is 3. The third-order valence-corrected chi connectivity index (χ3v) is 8.52. The van der Waals surface area contributed by atoms with Crippen molar-refractivity contribution in [2.75, 3.05) is 49.9 Å². The van der Waals surface area contributed by atoms with Gasteiger partial charge in [-0.15, -0.1) is 0 Å². The van der Waals surface area contributed by atoms with Gasteiger partial charge in [0.1, 0.15) is 5.54 Å². The van der Waals surface area contributed by atoms with E-state index in [1.165, 1.54) is 16.4 Å². The molecule has 0 aromatic heterocycles. The topological polar surface area (TPSA) is 88.0 Å². The molecule has 1 amide bonds. The number of sulfonamides is 1. The molecule has 2 heterocycles. The fourth-order valence-electron chi connectivity index (χ4n) is 4.10. The quantitative estimate of drug-likeness (QED) is 0.535. The average molecular weight is 518 g/mol. The summed E-state index contributed by atoms with van der Waals surface area (Å²) in [5.41, 5.74) is -2.79. The summed E-state index contributed by atoms with van der Waals surface area (Å²) < 4.78 is 65.8. The van der Waals surface area contributed by atoms with Gasteiger partial charge in [0.25, 0.3) is 5.91 Å². The number of nitrogens with zero attached hydrogens (tertiary/aromatic N) is 5. The van der Waals surface area contributed by atoms with Crippen LogP contribution in [-0.2, 0) is 21.0 Å². The van der Waals surface area contributed by atoms with Crippen molar-refractivity contribution in [2.45, 2.75) is 32.5 Å². The molecule has 0 unspecified atom stereocenters. The highest BCUT2D eigenvalue weighted by Gasteiger charge is 2.49. The number of anilines is 1. The predicted molar refractivity (Wildman–Crippen MR) is 125 cm³/mol. The van der Waals surface area contributed by atoms with Gasteiger partial charge in [0.2, 0.25) is 10.0 Å². The Morgan fingerprint density at radius 2 is 1.76 bits per heavy atom. The Morgan fingerprint density at radius 1 is 1.15 bits per heavy atom. The number of piperazine rings is 1. The number of rotatable bonds is 6. The average Bonchev–Trinajstić information content (AvgIpc) is 2.95. The van der Waals surface area contributed by atoms with Crippen molar-refractivity contribution in [1.82, 2.24) is 14.1 Å². The largest absolute Gasteiger partial charge is 0.417 e. The maximum Gasteiger partial charge on any atom is 0.417 e. The number of carbonyl (C=O) groups is 1. The Hall–Kier alpha value is -2.27. The summed E-state index contributed by atoms with van der Waals surface area (Å²) in [5, 5.41) is 9.11. The van der Waals surface area contributed by atoms with Crippen LogP contribution in [0.5, 0.6) is 0 Å². The van der Waals surface area contributed by atoms with Gasteiger partial charge in [-0.3, -0.25) is 14.6 Å². The Balaban J connectivity index is 1.76. The van der Waals surface area contributed by atoms with Gasteiger partial charge in [0.05, 0.1) is 28.6 Å². The number of halogens is 3. The third kappa shape index (κ3) is 4.91. The maximum absolute atomic E-state index is 13.4. The van der Waals surface area contributed by atoms with Crippen LogP contribution < -0.4 is 4.90 Å². The maximum atomic E-state index is 13.4. The van der Waals surface area contributed by atoms with E-state index in [0.29, 0.717) is 39.3 Å². The van der Waals surface area contributed by atoms with Gasteiger partial charge in [-0.05, 0) is 51.2 Å². The van der Waals surface area contributed by atoms with Crippen molar-refractivity contribution in [3.63, 3.8) is 0 Å². The van der Waals surface area contributed by atoms with Crippen LogP contribution in [0.3, 0.4) is 0 Å². The SMILES string of the molecule is CCS(=O)(=O)N1CCN(CCN2C(=S)N(c3ccc(C#N)c(C(F)(F)F)c3)C(=O)C2(C)C)CC1. The zero-order valence-corrected chi connectivity index (χ0v) is 20.7. The molecule has 1 aromatic rings. The summed E-state index contributed by atoms with van der Waals surface area (Å²) in [6.45, 7) is 7.57. The lowest BCUT2D eigenvalue weighted by atomic mass is 10.0. The highest BCUT2D eigenvalue weighted by molar-refractivity contribution is 7.89. The molecule has 2 aliphatic rings. The monoisotopic (exact) mass is 517 g/mol. The number of nitriles is 1. The van der Waals surface area contributed by atoms with Crippen LogP contribution in [0.25, 0.3) is 0 Å². The van der Waals surface area contributed by atoms with E-state index in [2.05, 4.69) is 4.90 Å². The molecular formula is C21H26F3N5O3S2. The number of amides is 1. The van der Waals surface area contributed by atoms with E-state index in [-0.39, 0.29) is 16.6 Å². The molecule has 2 aliphatic heterocycles. The minimum Gasteiger partial charge on any atom is -0.333 e. The van der Waals surface area contributed by atoms with E-state index in [9.17, 15) is 26.4 Å². The molecule has 2 fully saturated rings. The van der Waals surface area contributed by atoms with Gasteiger partial charge in [-0.2, -0.15) is 22.7 Å². The van der Waals surface area contributed by atoms with Gasteiger partial charge in [-0.1, -0.05) is 0 Å². The first-order valence-electron chi connectivity index (χ1n) is 10.7. The fraction of sp³-hybridized carbons (Fsp3) is 0.571. The molecule has 34 heavy (non-hydrogen) atoms. The van der Waals surface area contributed by atoms with Gasteiger partial charge < -0.3 is 4.90 Å². The number of hydrogen-bond donors (Lipinski definition) is 0. The summed E-state index contributed by atoms with van der Waals surface area (Å²) in [7, 11) is -3.24. The molecule has 0 spiro atoms. The van der Waals surface area contributed by atoms with Crippen molar-refractivity contribution in [1.29, 1.82) is 5.26 Å². The first-order valence-corrected chi connectivity index (χ1v) is 12.7. The van der Waals surface area contributed by atoms with Crippen LogP contribution in [0.1, 0.15) is 31.9 Å². The van der Waals surface area contributed by atoms with Crippen molar-refractivity contribution < 1.29 is 26.4 Å². The standard InChI is InChI=1S/C21H26F3N5O3S2/c1-4-34(31,32)27-10-7-26(8-11-27)9-12-28-19(33)29(18(30)20(28,2)3)16-6-5-15(14-25)17(13-16)21(22,23)24/h5-6,13H,4,7-12H2,1-3H3. The molecule has 2 saturated heterocycles. The van der Waals surface area contributed by atoms with Gasteiger partial charge >= 0.3 is 6.18 Å². The van der Waals surface area contributed by atoms with Crippen LogP contribution in [0.4, 0.5) is 18.9 Å². The second kappa shape index (κ2) is 9.41. The van der Waals surface area contributed by atoms with E-state index in [4.69, 9.17) is 17.5 Å². The molecule has 8 nitrogen and oxygen atoms in total. The van der Waals surface area contributed by atoms with Gasteiger partial charge in [0, 0.05) is 39.3 Å². The lowest BCUT2D eigenvalue weighted by Gasteiger charge is -2.36. The molecule has 0 atom stereocenters. The Labute approximate surface area is 202 Å². The molecule has 0 bridgehead atoms. The predicted octanol–water partition coefficient (Wildman–Crippen LogP) is 2.26. The smallest absolute Gasteiger partial charge is 0.333 e. The molecule has 186 valence electrons. The van der Waals surface area contributed by atoms with Gasteiger partial charge in [0.15, 0.2) is 5.11 Å². The molecule has 0 N–H and O–H groups in total. The van der Waals surface area contributed by atoms with Crippen LogP contribution in [0.2, 0.25) is 0 Å². The molecular weight excluding hydrogens is 491 g/mol. The molecule has 3 rings (SSSR count). The van der Waals surface area contributed by atoms with Crippen LogP contribution >= 0.6 is 12.2 Å². The van der Waals surface area contributed by atoms with Crippen LogP contribution in [0.15, 0.2) is 18.2 Å². The highest BCUT2D eigenvalue weighted by atomic mass is 32.2. The first-order chi connectivity index (χ1) is 15.7. The molecule has 0 radical (unpaired) electrons. The van der Waals surface area contributed by atoms with Crippen molar-refractivity contribution in [3.05, 3.63) is 29.3 Å². The third-order valence-electron chi connectivity index (χ3n) is 6.24. The number of thiocarbonyl (C=S) groups is 1. The summed E-state index contributed by atoms with van der Waals surface area (Å²) in [6, 6.07) is 4.62. The zero-order valence-electron chi connectivity index (χ0n) is 19.1. The second-order valence-corrected chi connectivity index (χ2v) is 11.2. The summed E-state index contributed by atoms with van der Waals surface area (Å²) in [5.74, 6) is -0.416. The number of benzene rings is 1. The highest BCUT2D eigenvalue weighted by Crippen LogP contribution is 2.37. The zero-order chi connectivity index (χ0) is 25.5. The van der Waals surface area contributed by atoms with Crippen LogP contribution in [-0.4, -0.2) is 84.1 Å². The lowest BCUT2D eigenvalue weighted by Crippen LogP contribution is -2.52. The molecule has 0 aliphatic carbocycles. The minimum absolute atomic E-state index is 0.0460. The molecule has 13 heteroatoms. The second-order valence-electron chi connectivity index (χ2n) is 8.61. The van der Waals surface area contributed by atoms with E-state index >= 15 is 0 Å². The van der Waals surface area contributed by atoms with E-state index in [0.717, 1.165) is 17.0 Å². The Morgan fingerprint density at radius 3 is 2.29 bits per heavy atom. The molecule has 1 aromatic carbocycles. The normalized spacial score (nSPS) is 20.1. The van der Waals surface area contributed by atoms with E-state index < -0.39 is 38.8 Å². The van der Waals surface area contributed by atoms with Crippen molar-refractivity contribution >= 4 is 38.9 Å². The first kappa shape index (κ1) is 26.3. The van der Waals surface area contributed by atoms with Crippen molar-refractivity contribution in [3.8, 4) is 6.07 Å². The van der Waals surface area contributed by atoms with Crippen molar-refractivity contribution in [2.24, 2.45) is 0 Å².